The van der Waals surface area contributed by atoms with Crippen LogP contribution in [0.25, 0.3) is 10.4 Å². The summed E-state index contributed by atoms with van der Waals surface area (Å²) >= 11 is 1.52. The van der Waals surface area contributed by atoms with Gasteiger partial charge < -0.3 is 30.2 Å². The molecule has 1 aliphatic heterocycles. The number of benzene rings is 1. The lowest BCUT2D eigenvalue weighted by molar-refractivity contribution is -0.145. The van der Waals surface area contributed by atoms with Crippen LogP contribution in [0, 0.1) is 12.3 Å². The smallest absolute Gasteiger partial charge is 0.258 e. The molecule has 3 amide bonds. The second kappa shape index (κ2) is 13.5. The van der Waals surface area contributed by atoms with Gasteiger partial charge in [0.1, 0.15) is 24.1 Å². The molecule has 1 aliphatic carbocycles. The van der Waals surface area contributed by atoms with Crippen LogP contribution in [0.4, 0.5) is 4.39 Å². The number of aryl methyl sites for hydroxylation is 1. The van der Waals surface area contributed by atoms with E-state index in [1.54, 1.807) is 26.3 Å². The number of unbranched alkanes of at least 4 members (excludes halogenated alkanes) is 2. The van der Waals surface area contributed by atoms with Crippen LogP contribution >= 0.6 is 11.3 Å². The Labute approximate surface area is 255 Å². The molecule has 2 aliphatic rings. The highest BCUT2D eigenvalue weighted by atomic mass is 32.1. The molecular formula is C31H41FN4O6S. The number of nitrogens with zero attached hydrogens (tertiary/aromatic N) is 2. The van der Waals surface area contributed by atoms with E-state index >= 15 is 0 Å². The summed E-state index contributed by atoms with van der Waals surface area (Å²) in [5.41, 5.74) is 1.62. The molecule has 43 heavy (non-hydrogen) atoms. The number of carbonyl (C=O) groups is 4. The Morgan fingerprint density at radius 1 is 1.28 bits per heavy atom. The molecule has 2 aromatic rings. The second-order valence-electron chi connectivity index (χ2n) is 12.5. The third-order valence-electron chi connectivity index (χ3n) is 7.85. The zero-order valence-corrected chi connectivity index (χ0v) is 26.0. The Bertz CT molecular complexity index is 1340. The molecule has 3 atom stereocenters. The summed E-state index contributed by atoms with van der Waals surface area (Å²) in [5, 5.41) is 15.9. The average Bonchev–Trinajstić information content (AvgIpc) is 3.37. The zero-order valence-electron chi connectivity index (χ0n) is 25.2. The fourth-order valence-electron chi connectivity index (χ4n) is 5.08. The van der Waals surface area contributed by atoms with Crippen LogP contribution in [0.1, 0.15) is 70.6 Å². The lowest BCUT2D eigenvalue weighted by atomic mass is 9.85. The predicted octanol–water partition coefficient (Wildman–Crippen LogP) is 3.48. The van der Waals surface area contributed by atoms with Gasteiger partial charge in [0.05, 0.1) is 28.8 Å². The van der Waals surface area contributed by atoms with Gasteiger partial charge in [-0.3, -0.25) is 14.4 Å². The number of amides is 3. The maximum absolute atomic E-state index is 14.4. The molecule has 3 N–H and O–H groups in total. The molecule has 4 rings (SSSR count). The third-order valence-corrected chi connectivity index (χ3v) is 8.83. The monoisotopic (exact) mass is 616 g/mol. The van der Waals surface area contributed by atoms with E-state index in [9.17, 15) is 28.7 Å². The van der Waals surface area contributed by atoms with Crippen molar-refractivity contribution in [3.63, 3.8) is 0 Å². The number of aldehydes is 1. The molecule has 0 unspecified atom stereocenters. The number of aliphatic hydroxyl groups is 1. The van der Waals surface area contributed by atoms with Crippen LogP contribution in [-0.2, 0) is 25.7 Å². The summed E-state index contributed by atoms with van der Waals surface area (Å²) in [5.74, 6) is -1.22. The van der Waals surface area contributed by atoms with E-state index < -0.39 is 47.0 Å². The predicted molar refractivity (Wildman–Crippen MR) is 160 cm³/mol. The number of nitrogens with one attached hydrogen (secondary N) is 2. The first-order chi connectivity index (χ1) is 20.3. The van der Waals surface area contributed by atoms with Gasteiger partial charge in [0, 0.05) is 31.5 Å². The number of thiazole rings is 1. The molecule has 1 saturated heterocycles. The number of alkyl halides is 1. The summed E-state index contributed by atoms with van der Waals surface area (Å²) in [6.45, 7) is 7.64. The lowest BCUT2D eigenvalue weighted by Gasteiger charge is -2.35. The molecule has 234 valence electrons. The number of hydrogen-bond acceptors (Lipinski definition) is 8. The van der Waals surface area contributed by atoms with Gasteiger partial charge >= 0.3 is 0 Å². The Hall–Kier alpha value is -3.38. The van der Waals surface area contributed by atoms with Crippen molar-refractivity contribution in [1.82, 2.24) is 20.5 Å². The van der Waals surface area contributed by atoms with Gasteiger partial charge in [-0.2, -0.15) is 0 Å². The molecule has 1 aromatic carbocycles. The Morgan fingerprint density at radius 3 is 2.65 bits per heavy atom. The number of β-amino-alcohol motifs (C(OH)–C–C–N with tert-alkyl or cyclic N) is 1. The number of carbonyl (C=O) groups excluding carboxylic acids is 4. The zero-order chi connectivity index (χ0) is 31.4. The van der Waals surface area contributed by atoms with Gasteiger partial charge in [0.25, 0.3) is 5.91 Å². The summed E-state index contributed by atoms with van der Waals surface area (Å²) in [4.78, 5) is 56.9. The molecular weight excluding hydrogens is 575 g/mol. The largest absolute Gasteiger partial charge is 0.493 e. The molecule has 2 heterocycles. The topological polar surface area (TPSA) is 138 Å². The molecule has 2 fully saturated rings. The number of hydrogen-bond donors (Lipinski definition) is 3. The normalized spacial score (nSPS) is 19.9. The van der Waals surface area contributed by atoms with Crippen molar-refractivity contribution in [3.8, 4) is 16.2 Å². The van der Waals surface area contributed by atoms with Gasteiger partial charge in [-0.25, -0.2) is 9.37 Å². The van der Waals surface area contributed by atoms with Gasteiger partial charge in [-0.05, 0) is 49.7 Å². The molecule has 10 nitrogen and oxygen atoms in total. The van der Waals surface area contributed by atoms with Gasteiger partial charge in [-0.15, -0.1) is 11.3 Å². The number of rotatable bonds is 13. The standard InChI is InChI=1S/C31H41FN4O6S/c1-19-25(43-18-34-19)20-8-9-21(24(14-20)42-13-7-5-6-12-37)16-33-27(39)23-15-22(38)17-36(23)28(40)26(30(2,3)4)35-29(41)31(32)10-11-31/h8-9,12,14,18,22-23,26,38H,5-7,10-11,13,15-17H2,1-4H3,(H,33,39)(H,35,41)/t22-,23-,26+/m0/s1. The van der Waals surface area contributed by atoms with E-state index in [4.69, 9.17) is 4.74 Å². The van der Waals surface area contributed by atoms with E-state index in [1.165, 1.54) is 16.2 Å². The maximum Gasteiger partial charge on any atom is 0.258 e. The minimum atomic E-state index is -1.95. The third kappa shape index (κ3) is 7.97. The first-order valence-corrected chi connectivity index (χ1v) is 15.6. The summed E-state index contributed by atoms with van der Waals surface area (Å²) < 4.78 is 20.5. The SMILES string of the molecule is Cc1ncsc1-c1ccc(CNC(=O)[C@@H]2C[C@H](O)CN2C(=O)[C@@H](NC(=O)C2(F)CC2)C(C)(C)C)c(OCCCCC=O)c1. The number of aromatic nitrogens is 1. The highest BCUT2D eigenvalue weighted by molar-refractivity contribution is 7.13. The van der Waals surface area contributed by atoms with Crippen molar-refractivity contribution in [2.24, 2.45) is 5.41 Å². The molecule has 12 heteroatoms. The highest BCUT2D eigenvalue weighted by Crippen LogP contribution is 2.40. The van der Waals surface area contributed by atoms with Crippen LogP contribution in [0.15, 0.2) is 23.7 Å². The van der Waals surface area contributed by atoms with E-state index in [-0.39, 0.29) is 32.4 Å². The molecule has 1 aromatic heterocycles. The van der Waals surface area contributed by atoms with Crippen LogP contribution < -0.4 is 15.4 Å². The summed E-state index contributed by atoms with van der Waals surface area (Å²) in [6, 6.07) is 3.68. The maximum atomic E-state index is 14.4. The fourth-order valence-corrected chi connectivity index (χ4v) is 5.89. The molecule has 0 radical (unpaired) electrons. The van der Waals surface area contributed by atoms with Crippen molar-refractivity contribution in [3.05, 3.63) is 35.0 Å². The Morgan fingerprint density at radius 2 is 2.02 bits per heavy atom. The van der Waals surface area contributed by atoms with E-state index in [1.807, 2.05) is 25.1 Å². The molecule has 1 saturated carbocycles. The molecule has 0 bridgehead atoms. The van der Waals surface area contributed by atoms with Crippen molar-refractivity contribution < 1.29 is 33.4 Å². The van der Waals surface area contributed by atoms with Gasteiger partial charge in [-0.1, -0.05) is 32.9 Å². The number of halogens is 1. The average molecular weight is 617 g/mol. The van der Waals surface area contributed by atoms with Crippen LogP contribution in [-0.4, -0.2) is 76.0 Å². The second-order valence-corrected chi connectivity index (χ2v) is 13.3. The lowest BCUT2D eigenvalue weighted by Crippen LogP contribution is -2.59. The minimum absolute atomic E-state index is 0.0408. The fraction of sp³-hybridized carbons (Fsp3) is 0.581. The van der Waals surface area contributed by atoms with Crippen LogP contribution in [0.3, 0.4) is 0 Å². The number of ether oxygens (including phenoxy) is 1. The van der Waals surface area contributed by atoms with Crippen molar-refractivity contribution in [1.29, 1.82) is 0 Å². The van der Waals surface area contributed by atoms with Crippen LogP contribution in [0.2, 0.25) is 0 Å². The van der Waals surface area contributed by atoms with E-state index in [0.717, 1.165) is 28.0 Å². The van der Waals surface area contributed by atoms with Gasteiger partial charge in [0.15, 0.2) is 5.67 Å². The van der Waals surface area contributed by atoms with Crippen molar-refractivity contribution >= 4 is 35.3 Å². The molecule has 0 spiro atoms. The van der Waals surface area contributed by atoms with Crippen LogP contribution in [0.5, 0.6) is 5.75 Å². The Kier molecular flexibility index (Phi) is 10.2. The van der Waals surface area contributed by atoms with E-state index in [2.05, 4.69) is 15.6 Å². The first-order valence-electron chi connectivity index (χ1n) is 14.7. The first kappa shape index (κ1) is 32.5. The number of likely N-dealkylation sites (tertiary alicyclic amines) is 1. The summed E-state index contributed by atoms with van der Waals surface area (Å²) in [7, 11) is 0. The van der Waals surface area contributed by atoms with Gasteiger partial charge in [0.2, 0.25) is 11.8 Å². The quantitative estimate of drug-likeness (QED) is 0.231. The number of aliphatic hydroxyl groups excluding tert-OH is 1. The summed E-state index contributed by atoms with van der Waals surface area (Å²) in [6.07, 6.45) is 2.10. The minimum Gasteiger partial charge on any atom is -0.493 e. The highest BCUT2D eigenvalue weighted by Gasteiger charge is 2.53. The van der Waals surface area contributed by atoms with Crippen molar-refractivity contribution in [2.75, 3.05) is 13.2 Å². The Balaban J connectivity index is 1.48. The van der Waals surface area contributed by atoms with E-state index in [0.29, 0.717) is 31.6 Å². The van der Waals surface area contributed by atoms with Crippen molar-refractivity contribution in [2.45, 2.75) is 96.6 Å².